The van der Waals surface area contributed by atoms with Crippen LogP contribution in [-0.2, 0) is 24.2 Å². The molecule has 1 heterocycles. The molecule has 0 aliphatic heterocycles. The predicted molar refractivity (Wildman–Crippen MR) is 128 cm³/mol. The van der Waals surface area contributed by atoms with Gasteiger partial charge in [0.15, 0.2) is 0 Å². The number of aromatic nitrogens is 2. The molecule has 0 aliphatic carbocycles. The normalized spacial score (nSPS) is 11.0. The predicted octanol–water partition coefficient (Wildman–Crippen LogP) is 4.53. The minimum Gasteiger partial charge on any atom is -0.356 e. The number of hydrogen-bond donors (Lipinski definition) is 1. The van der Waals surface area contributed by atoms with Gasteiger partial charge >= 0.3 is 0 Å². The summed E-state index contributed by atoms with van der Waals surface area (Å²) in [5, 5.41) is 3.55. The smallest absolute Gasteiger partial charge is 0.273 e. The Morgan fingerprint density at radius 2 is 1.70 bits per heavy atom. The minimum atomic E-state index is -0.369. The molecule has 0 saturated carbocycles. The number of nitrogens with one attached hydrogen (secondary N) is 1. The number of fused-ring (bicyclic) bond motifs is 1. The summed E-state index contributed by atoms with van der Waals surface area (Å²) in [6.07, 6.45) is 1.03. The van der Waals surface area contributed by atoms with Crippen LogP contribution >= 0.6 is 11.6 Å². The second kappa shape index (κ2) is 10.4. The van der Waals surface area contributed by atoms with E-state index in [1.807, 2.05) is 42.5 Å². The first-order chi connectivity index (χ1) is 16.0. The molecule has 0 aliphatic rings. The zero-order valence-corrected chi connectivity index (χ0v) is 18.7. The Morgan fingerprint density at radius 1 is 0.970 bits per heavy atom. The van der Waals surface area contributed by atoms with E-state index in [9.17, 15) is 14.0 Å². The summed E-state index contributed by atoms with van der Waals surface area (Å²) >= 11 is 5.89. The molecule has 1 N–H and O–H groups in total. The lowest BCUT2D eigenvalue weighted by Crippen LogP contribution is -2.29. The van der Waals surface area contributed by atoms with Crippen LogP contribution in [0.15, 0.2) is 77.6 Å². The molecule has 0 saturated heterocycles. The van der Waals surface area contributed by atoms with Crippen molar-refractivity contribution in [2.75, 3.05) is 6.54 Å². The first-order valence-electron chi connectivity index (χ1n) is 10.7. The monoisotopic (exact) mass is 463 g/mol. The number of rotatable bonds is 8. The average molecular weight is 464 g/mol. The third kappa shape index (κ3) is 5.65. The van der Waals surface area contributed by atoms with Gasteiger partial charge in [-0.1, -0.05) is 54.1 Å². The van der Waals surface area contributed by atoms with Crippen LogP contribution in [0, 0.1) is 5.82 Å². The number of carbonyl (C=O) groups is 1. The molecule has 168 valence electrons. The maximum Gasteiger partial charge on any atom is 0.273 e. The summed E-state index contributed by atoms with van der Waals surface area (Å²) in [6.45, 7) is 0.581. The van der Waals surface area contributed by atoms with Gasteiger partial charge in [0.2, 0.25) is 5.91 Å². The highest BCUT2D eigenvalue weighted by Gasteiger charge is 2.14. The fraction of sp³-hybridized carbons (Fsp3) is 0.192. The Balaban J connectivity index is 1.46. The van der Waals surface area contributed by atoms with Gasteiger partial charge in [-0.3, -0.25) is 9.59 Å². The molecule has 4 aromatic rings. The van der Waals surface area contributed by atoms with Crippen LogP contribution in [0.5, 0.6) is 0 Å². The number of carbonyl (C=O) groups excluding carboxylic acids is 1. The summed E-state index contributed by atoms with van der Waals surface area (Å²) in [5.74, 6) is -0.522. The lowest BCUT2D eigenvalue weighted by molar-refractivity contribution is -0.121. The van der Waals surface area contributed by atoms with Crippen LogP contribution in [0.25, 0.3) is 11.0 Å². The van der Waals surface area contributed by atoms with E-state index in [4.69, 9.17) is 11.6 Å². The molecule has 5 nitrogen and oxygen atoms in total. The summed E-state index contributed by atoms with van der Waals surface area (Å²) in [5.41, 5.74) is 2.73. The third-order valence-corrected chi connectivity index (χ3v) is 5.70. The first-order valence-corrected chi connectivity index (χ1v) is 11.1. The fourth-order valence-corrected chi connectivity index (χ4v) is 3.81. The van der Waals surface area contributed by atoms with Crippen molar-refractivity contribution in [2.24, 2.45) is 0 Å². The van der Waals surface area contributed by atoms with Crippen molar-refractivity contribution < 1.29 is 9.18 Å². The highest BCUT2D eigenvalue weighted by molar-refractivity contribution is 6.30. The summed E-state index contributed by atoms with van der Waals surface area (Å²) < 4.78 is 15.8. The number of benzene rings is 3. The molecule has 1 amide bonds. The van der Waals surface area contributed by atoms with E-state index in [1.165, 1.54) is 10.6 Å². The van der Waals surface area contributed by atoms with Gasteiger partial charge in [-0.2, -0.15) is 0 Å². The molecule has 0 unspecified atom stereocenters. The summed E-state index contributed by atoms with van der Waals surface area (Å²) in [4.78, 5) is 30.0. The van der Waals surface area contributed by atoms with Gasteiger partial charge in [-0.25, -0.2) is 9.37 Å². The van der Waals surface area contributed by atoms with E-state index in [0.717, 1.165) is 5.56 Å². The molecule has 0 atom stereocenters. The molecular weight excluding hydrogens is 441 g/mol. The maximum absolute atomic E-state index is 14.2. The zero-order chi connectivity index (χ0) is 23.2. The maximum atomic E-state index is 14.2. The van der Waals surface area contributed by atoms with Gasteiger partial charge < -0.3 is 9.88 Å². The molecule has 0 bridgehead atoms. The van der Waals surface area contributed by atoms with Crippen molar-refractivity contribution in [3.63, 3.8) is 0 Å². The van der Waals surface area contributed by atoms with Crippen molar-refractivity contribution in [3.05, 3.63) is 111 Å². The van der Waals surface area contributed by atoms with Crippen LogP contribution < -0.4 is 10.9 Å². The minimum absolute atomic E-state index is 0.0921. The van der Waals surface area contributed by atoms with Crippen LogP contribution in [0.4, 0.5) is 4.39 Å². The van der Waals surface area contributed by atoms with E-state index in [-0.39, 0.29) is 42.4 Å². The SMILES string of the molecule is O=C(CCc1nc2ccccc2n(Cc2ccccc2F)c1=O)NCCc1ccc(Cl)cc1. The van der Waals surface area contributed by atoms with Crippen molar-refractivity contribution in [1.82, 2.24) is 14.9 Å². The number of halogens is 2. The molecule has 4 rings (SSSR count). The first kappa shape index (κ1) is 22.7. The fourth-order valence-electron chi connectivity index (χ4n) is 3.68. The van der Waals surface area contributed by atoms with Gasteiger partial charge in [-0.05, 0) is 42.3 Å². The number of aryl methyl sites for hydroxylation is 1. The number of amides is 1. The Labute approximate surface area is 195 Å². The third-order valence-electron chi connectivity index (χ3n) is 5.44. The molecule has 33 heavy (non-hydrogen) atoms. The summed E-state index contributed by atoms with van der Waals surface area (Å²) in [7, 11) is 0. The van der Waals surface area contributed by atoms with Crippen molar-refractivity contribution in [3.8, 4) is 0 Å². The highest BCUT2D eigenvalue weighted by Crippen LogP contribution is 2.15. The van der Waals surface area contributed by atoms with Crippen molar-refractivity contribution in [1.29, 1.82) is 0 Å². The van der Waals surface area contributed by atoms with Crippen LogP contribution in [0.2, 0.25) is 5.02 Å². The summed E-state index contributed by atoms with van der Waals surface area (Å²) in [6, 6.07) is 21.1. The molecule has 3 aromatic carbocycles. The molecular formula is C26H23ClFN3O2. The van der Waals surface area contributed by atoms with Gasteiger partial charge in [0, 0.05) is 30.0 Å². The van der Waals surface area contributed by atoms with Crippen LogP contribution in [0.3, 0.4) is 0 Å². The largest absolute Gasteiger partial charge is 0.356 e. The van der Waals surface area contributed by atoms with E-state index in [1.54, 1.807) is 24.3 Å². The lowest BCUT2D eigenvalue weighted by Gasteiger charge is -2.13. The molecule has 0 fully saturated rings. The Bertz CT molecular complexity index is 1340. The van der Waals surface area contributed by atoms with E-state index < -0.39 is 0 Å². The van der Waals surface area contributed by atoms with Crippen LogP contribution in [-0.4, -0.2) is 22.0 Å². The topological polar surface area (TPSA) is 64.0 Å². The van der Waals surface area contributed by atoms with E-state index in [2.05, 4.69) is 10.3 Å². The molecule has 0 spiro atoms. The molecule has 7 heteroatoms. The quantitative estimate of drug-likeness (QED) is 0.417. The van der Waals surface area contributed by atoms with E-state index >= 15 is 0 Å². The standard InChI is InChI=1S/C26H23ClFN3O2/c27-20-11-9-18(10-12-20)15-16-29-25(32)14-13-23-26(33)31(17-19-5-1-2-6-21(19)28)24-8-4-3-7-22(24)30-23/h1-12H,13-17H2,(H,29,32). The number of nitrogens with zero attached hydrogens (tertiary/aromatic N) is 2. The van der Waals surface area contributed by atoms with Gasteiger partial charge in [-0.15, -0.1) is 0 Å². The van der Waals surface area contributed by atoms with E-state index in [0.29, 0.717) is 34.6 Å². The Morgan fingerprint density at radius 3 is 2.48 bits per heavy atom. The van der Waals surface area contributed by atoms with Gasteiger partial charge in [0.1, 0.15) is 11.5 Å². The number of para-hydroxylation sites is 2. The van der Waals surface area contributed by atoms with Gasteiger partial charge in [0.25, 0.3) is 5.56 Å². The average Bonchev–Trinajstić information content (AvgIpc) is 2.82. The van der Waals surface area contributed by atoms with Crippen molar-refractivity contribution in [2.45, 2.75) is 25.8 Å². The van der Waals surface area contributed by atoms with Gasteiger partial charge in [0.05, 0.1) is 17.6 Å². The van der Waals surface area contributed by atoms with Crippen molar-refractivity contribution >= 4 is 28.5 Å². The molecule has 1 aromatic heterocycles. The second-order valence-electron chi connectivity index (χ2n) is 7.76. The second-order valence-corrected chi connectivity index (χ2v) is 8.19. The molecule has 0 radical (unpaired) electrons. The zero-order valence-electron chi connectivity index (χ0n) is 17.9. The Kier molecular flexibility index (Phi) is 7.15. The number of hydrogen-bond acceptors (Lipinski definition) is 3. The Hall–Kier alpha value is -3.51. The highest BCUT2D eigenvalue weighted by atomic mass is 35.5. The van der Waals surface area contributed by atoms with Crippen LogP contribution in [0.1, 0.15) is 23.2 Å². The lowest BCUT2D eigenvalue weighted by atomic mass is 10.1.